The standard InChI is InChI=1S/C22H22N2O4S/c1-14(22-23-16-6-4-5-7-19(16)29-22)24(2)20(25)9-8-15-12-17(26-3)21-18(13-15)27-10-11-28-21/h4-9,12-14H,10-11H2,1-3H3/b9-8+/t14-/m1/s1. The molecule has 0 fully saturated rings. The molecule has 0 unspecified atom stereocenters. The van der Waals surface area contributed by atoms with E-state index in [0.29, 0.717) is 30.5 Å². The molecule has 150 valence electrons. The third-order valence-electron chi connectivity index (χ3n) is 4.87. The Labute approximate surface area is 173 Å². The fraction of sp³-hybridized carbons (Fsp3) is 0.273. The molecule has 6 nitrogen and oxygen atoms in total. The number of hydrogen-bond acceptors (Lipinski definition) is 6. The van der Waals surface area contributed by atoms with Gasteiger partial charge in [0.25, 0.3) is 0 Å². The molecule has 4 rings (SSSR count). The highest BCUT2D eigenvalue weighted by atomic mass is 32.1. The first kappa shape index (κ1) is 19.3. The number of aromatic nitrogens is 1. The molecular formula is C22H22N2O4S. The number of methoxy groups -OCH3 is 1. The molecule has 1 aromatic heterocycles. The SMILES string of the molecule is COc1cc(/C=C/C(=O)N(C)[C@H](C)c2nc3ccccc3s2)cc2c1OCCO2. The van der Waals surface area contributed by atoms with Crippen molar-refractivity contribution < 1.29 is 19.0 Å². The first-order chi connectivity index (χ1) is 14.1. The van der Waals surface area contributed by atoms with Crippen LogP contribution in [-0.2, 0) is 4.79 Å². The summed E-state index contributed by atoms with van der Waals surface area (Å²) in [7, 11) is 3.37. The van der Waals surface area contributed by atoms with Crippen molar-refractivity contribution in [2.45, 2.75) is 13.0 Å². The second kappa shape index (κ2) is 8.13. The maximum atomic E-state index is 12.7. The number of carbonyl (C=O) groups is 1. The number of nitrogens with zero attached hydrogens (tertiary/aromatic N) is 2. The number of fused-ring (bicyclic) bond motifs is 2. The summed E-state index contributed by atoms with van der Waals surface area (Å²) in [6.07, 6.45) is 3.30. The summed E-state index contributed by atoms with van der Waals surface area (Å²) in [6.45, 7) is 2.96. The highest BCUT2D eigenvalue weighted by Crippen LogP contribution is 2.40. The van der Waals surface area contributed by atoms with Crippen LogP contribution in [0.25, 0.3) is 16.3 Å². The minimum Gasteiger partial charge on any atom is -0.493 e. The summed E-state index contributed by atoms with van der Waals surface area (Å²) in [5, 5.41) is 0.913. The average molecular weight is 410 g/mol. The first-order valence-corrected chi connectivity index (χ1v) is 10.2. The van der Waals surface area contributed by atoms with Crippen LogP contribution in [0, 0.1) is 0 Å². The number of amides is 1. The number of hydrogen-bond donors (Lipinski definition) is 0. The van der Waals surface area contributed by atoms with Gasteiger partial charge in [-0.15, -0.1) is 11.3 Å². The Hall–Kier alpha value is -3.06. The number of benzene rings is 2. The van der Waals surface area contributed by atoms with E-state index in [4.69, 9.17) is 14.2 Å². The van der Waals surface area contributed by atoms with Crippen molar-refractivity contribution in [2.75, 3.05) is 27.4 Å². The fourth-order valence-electron chi connectivity index (χ4n) is 3.10. The average Bonchev–Trinajstić information content (AvgIpc) is 3.20. The molecule has 0 radical (unpaired) electrons. The lowest BCUT2D eigenvalue weighted by atomic mass is 10.1. The number of thiazole rings is 1. The molecule has 1 amide bonds. The molecular weight excluding hydrogens is 388 g/mol. The molecule has 7 heteroatoms. The predicted molar refractivity (Wildman–Crippen MR) is 114 cm³/mol. The van der Waals surface area contributed by atoms with E-state index in [-0.39, 0.29) is 11.9 Å². The van der Waals surface area contributed by atoms with E-state index in [2.05, 4.69) is 4.98 Å². The van der Waals surface area contributed by atoms with Crippen molar-refractivity contribution in [1.82, 2.24) is 9.88 Å². The highest BCUT2D eigenvalue weighted by molar-refractivity contribution is 7.18. The molecule has 0 N–H and O–H groups in total. The third kappa shape index (κ3) is 3.91. The van der Waals surface area contributed by atoms with Gasteiger partial charge in [0, 0.05) is 13.1 Å². The maximum absolute atomic E-state index is 12.7. The van der Waals surface area contributed by atoms with Crippen LogP contribution in [0.5, 0.6) is 17.2 Å². The molecule has 2 heterocycles. The van der Waals surface area contributed by atoms with Gasteiger partial charge in [0.2, 0.25) is 11.7 Å². The van der Waals surface area contributed by atoms with Crippen LogP contribution in [0.4, 0.5) is 0 Å². The van der Waals surface area contributed by atoms with Gasteiger partial charge >= 0.3 is 0 Å². The number of para-hydroxylation sites is 1. The van der Waals surface area contributed by atoms with Crippen LogP contribution < -0.4 is 14.2 Å². The molecule has 0 bridgehead atoms. The Balaban J connectivity index is 1.51. The number of likely N-dealkylation sites (N-methyl/N-ethyl adjacent to an activating group) is 1. The van der Waals surface area contributed by atoms with Gasteiger partial charge < -0.3 is 19.1 Å². The summed E-state index contributed by atoms with van der Waals surface area (Å²) in [5.41, 5.74) is 1.76. The number of ether oxygens (including phenoxy) is 3. The zero-order chi connectivity index (χ0) is 20.4. The lowest BCUT2D eigenvalue weighted by molar-refractivity contribution is -0.126. The van der Waals surface area contributed by atoms with Crippen LogP contribution in [0.1, 0.15) is 23.5 Å². The summed E-state index contributed by atoms with van der Waals surface area (Å²) in [6, 6.07) is 11.5. The van der Waals surface area contributed by atoms with Gasteiger partial charge in [0.05, 0.1) is 23.4 Å². The van der Waals surface area contributed by atoms with Crippen LogP contribution in [0.2, 0.25) is 0 Å². The van der Waals surface area contributed by atoms with Gasteiger partial charge in [-0.3, -0.25) is 4.79 Å². The van der Waals surface area contributed by atoms with Gasteiger partial charge in [-0.2, -0.15) is 0 Å². The first-order valence-electron chi connectivity index (χ1n) is 9.35. The largest absolute Gasteiger partial charge is 0.493 e. The Morgan fingerprint density at radius 3 is 2.86 bits per heavy atom. The monoisotopic (exact) mass is 410 g/mol. The van der Waals surface area contributed by atoms with Crippen molar-refractivity contribution in [3.8, 4) is 17.2 Å². The zero-order valence-electron chi connectivity index (χ0n) is 16.5. The molecule has 29 heavy (non-hydrogen) atoms. The van der Waals surface area contributed by atoms with E-state index in [9.17, 15) is 4.79 Å². The predicted octanol–water partition coefficient (Wildman–Crippen LogP) is 4.31. The van der Waals surface area contributed by atoms with Crippen molar-refractivity contribution >= 4 is 33.5 Å². The summed E-state index contributed by atoms with van der Waals surface area (Å²) in [5.74, 6) is 1.71. The second-order valence-corrected chi connectivity index (χ2v) is 7.79. The van der Waals surface area contributed by atoms with Crippen molar-refractivity contribution in [3.63, 3.8) is 0 Å². The summed E-state index contributed by atoms with van der Waals surface area (Å²) >= 11 is 1.61. The van der Waals surface area contributed by atoms with E-state index >= 15 is 0 Å². The lowest BCUT2D eigenvalue weighted by Gasteiger charge is -2.22. The van der Waals surface area contributed by atoms with Crippen molar-refractivity contribution in [2.24, 2.45) is 0 Å². The minimum absolute atomic E-state index is 0.106. The van der Waals surface area contributed by atoms with Crippen LogP contribution in [-0.4, -0.2) is 43.2 Å². The Bertz CT molecular complexity index is 1030. The molecule has 1 atom stereocenters. The normalized spacial score (nSPS) is 14.2. The van der Waals surface area contributed by atoms with Crippen LogP contribution >= 0.6 is 11.3 Å². The molecule has 0 saturated carbocycles. The topological polar surface area (TPSA) is 60.9 Å². The van der Waals surface area contributed by atoms with Gasteiger partial charge in [-0.25, -0.2) is 4.98 Å². The Kier molecular flexibility index (Phi) is 5.40. The smallest absolute Gasteiger partial charge is 0.246 e. The minimum atomic E-state index is -0.126. The number of rotatable bonds is 5. The molecule has 0 spiro atoms. The molecule has 0 aliphatic carbocycles. The molecule has 0 saturated heterocycles. The van der Waals surface area contributed by atoms with Gasteiger partial charge in [-0.05, 0) is 42.8 Å². The van der Waals surface area contributed by atoms with E-state index < -0.39 is 0 Å². The Morgan fingerprint density at radius 1 is 1.28 bits per heavy atom. The maximum Gasteiger partial charge on any atom is 0.246 e. The van der Waals surface area contributed by atoms with E-state index in [0.717, 1.165) is 20.8 Å². The van der Waals surface area contributed by atoms with Gasteiger partial charge in [-0.1, -0.05) is 12.1 Å². The van der Waals surface area contributed by atoms with E-state index in [1.807, 2.05) is 43.3 Å². The summed E-state index contributed by atoms with van der Waals surface area (Å²) < 4.78 is 17.8. The molecule has 1 aliphatic heterocycles. The fourth-order valence-corrected chi connectivity index (χ4v) is 4.16. The molecule has 3 aromatic rings. The summed E-state index contributed by atoms with van der Waals surface area (Å²) in [4.78, 5) is 19.1. The molecule has 1 aliphatic rings. The van der Waals surface area contributed by atoms with E-state index in [1.165, 1.54) is 0 Å². The second-order valence-electron chi connectivity index (χ2n) is 6.73. The third-order valence-corrected chi connectivity index (χ3v) is 6.07. The van der Waals surface area contributed by atoms with Crippen LogP contribution in [0.3, 0.4) is 0 Å². The highest BCUT2D eigenvalue weighted by Gasteiger charge is 2.20. The lowest BCUT2D eigenvalue weighted by Crippen LogP contribution is -2.27. The van der Waals surface area contributed by atoms with Gasteiger partial charge in [0.1, 0.15) is 18.2 Å². The van der Waals surface area contributed by atoms with Crippen molar-refractivity contribution in [3.05, 3.63) is 53.0 Å². The zero-order valence-corrected chi connectivity index (χ0v) is 17.4. The van der Waals surface area contributed by atoms with E-state index in [1.54, 1.807) is 42.5 Å². The Morgan fingerprint density at radius 2 is 2.07 bits per heavy atom. The van der Waals surface area contributed by atoms with Crippen LogP contribution in [0.15, 0.2) is 42.5 Å². The molecule has 2 aromatic carbocycles. The quantitative estimate of drug-likeness (QED) is 0.587. The number of carbonyl (C=O) groups excluding carboxylic acids is 1. The van der Waals surface area contributed by atoms with Gasteiger partial charge in [0.15, 0.2) is 11.5 Å². The van der Waals surface area contributed by atoms with Crippen molar-refractivity contribution in [1.29, 1.82) is 0 Å².